The number of anilines is 1. The maximum atomic E-state index is 12.4. The molecule has 1 aliphatic heterocycles. The van der Waals surface area contributed by atoms with Crippen molar-refractivity contribution in [3.8, 4) is 0 Å². The third kappa shape index (κ3) is 3.33. The molecule has 1 amide bonds. The number of nitrogens with zero attached hydrogens (tertiary/aromatic N) is 1. The molecule has 0 atom stereocenters. The van der Waals surface area contributed by atoms with Gasteiger partial charge >= 0.3 is 0 Å². The topological polar surface area (TPSA) is 66.5 Å². The lowest BCUT2D eigenvalue weighted by atomic mass is 10.2. The highest BCUT2D eigenvalue weighted by atomic mass is 32.2. The predicted molar refractivity (Wildman–Crippen MR) is 87.5 cm³/mol. The molecule has 0 aromatic heterocycles. The van der Waals surface area contributed by atoms with Gasteiger partial charge in [0.15, 0.2) is 0 Å². The molecule has 0 spiro atoms. The highest BCUT2D eigenvalue weighted by Crippen LogP contribution is 2.30. The number of benzene rings is 1. The number of carbonyl (C=O) groups is 1. The van der Waals surface area contributed by atoms with Crippen LogP contribution in [0.25, 0.3) is 0 Å². The van der Waals surface area contributed by atoms with Crippen molar-refractivity contribution in [1.29, 1.82) is 0 Å². The highest BCUT2D eigenvalue weighted by molar-refractivity contribution is 7.89. The molecule has 0 fully saturated rings. The Kier molecular flexibility index (Phi) is 5.24. The molecule has 1 aromatic rings. The first-order chi connectivity index (χ1) is 10.4. The fraction of sp³-hybridized carbons (Fsp3) is 0.562. The van der Waals surface area contributed by atoms with Gasteiger partial charge < -0.3 is 4.90 Å². The number of hydrogen-bond donors (Lipinski definition) is 1. The van der Waals surface area contributed by atoms with E-state index in [9.17, 15) is 13.2 Å². The summed E-state index contributed by atoms with van der Waals surface area (Å²) >= 11 is 0. The summed E-state index contributed by atoms with van der Waals surface area (Å²) in [7, 11) is -3.50. The van der Waals surface area contributed by atoms with E-state index in [2.05, 4.69) is 4.72 Å². The quantitative estimate of drug-likeness (QED) is 0.874. The summed E-state index contributed by atoms with van der Waals surface area (Å²) in [5.41, 5.74) is 1.77. The Morgan fingerprint density at radius 2 is 1.95 bits per heavy atom. The van der Waals surface area contributed by atoms with Crippen LogP contribution in [0.4, 0.5) is 5.69 Å². The van der Waals surface area contributed by atoms with E-state index in [1.54, 1.807) is 23.1 Å². The standard InChI is InChI=1S/C16H24N2O3S/c1-4-13(5-2)17-22(20,21)14-7-8-15-12(11-14)9-10-18(15)16(19)6-3/h7-8,11,13,17H,4-6,9-10H2,1-3H3. The van der Waals surface area contributed by atoms with Crippen LogP contribution in [0.1, 0.15) is 45.6 Å². The summed E-state index contributed by atoms with van der Waals surface area (Å²) < 4.78 is 27.6. The lowest BCUT2D eigenvalue weighted by Crippen LogP contribution is -2.33. The summed E-state index contributed by atoms with van der Waals surface area (Å²) in [4.78, 5) is 13.9. The van der Waals surface area contributed by atoms with E-state index in [0.29, 0.717) is 19.4 Å². The smallest absolute Gasteiger partial charge is 0.240 e. The number of amides is 1. The molecule has 0 saturated carbocycles. The van der Waals surface area contributed by atoms with E-state index >= 15 is 0 Å². The van der Waals surface area contributed by atoms with E-state index in [1.165, 1.54) is 0 Å². The molecule has 5 nitrogen and oxygen atoms in total. The van der Waals surface area contributed by atoms with Gasteiger partial charge in [0.1, 0.15) is 0 Å². The van der Waals surface area contributed by atoms with E-state index in [1.807, 2.05) is 20.8 Å². The van der Waals surface area contributed by atoms with Crippen LogP contribution in [-0.2, 0) is 21.2 Å². The van der Waals surface area contributed by atoms with Gasteiger partial charge in [0.2, 0.25) is 15.9 Å². The van der Waals surface area contributed by atoms with Crippen LogP contribution in [0.2, 0.25) is 0 Å². The molecule has 0 bridgehead atoms. The second kappa shape index (κ2) is 6.79. The zero-order valence-corrected chi connectivity index (χ0v) is 14.2. The second-order valence-corrected chi connectivity index (χ2v) is 7.29. The molecule has 0 radical (unpaired) electrons. The van der Waals surface area contributed by atoms with Crippen LogP contribution < -0.4 is 9.62 Å². The number of rotatable bonds is 6. The Labute approximate surface area is 132 Å². The van der Waals surface area contributed by atoms with Crippen molar-refractivity contribution >= 4 is 21.6 Å². The SMILES string of the molecule is CCC(=O)N1CCc2cc(S(=O)(=O)NC(CC)CC)ccc21. The third-order valence-corrected chi connectivity index (χ3v) is 5.69. The van der Waals surface area contributed by atoms with Crippen LogP contribution in [0.15, 0.2) is 23.1 Å². The molecule has 6 heteroatoms. The van der Waals surface area contributed by atoms with Gasteiger partial charge in [-0.05, 0) is 43.0 Å². The van der Waals surface area contributed by atoms with Gasteiger partial charge in [-0.3, -0.25) is 4.79 Å². The van der Waals surface area contributed by atoms with Crippen molar-refractivity contribution in [1.82, 2.24) is 4.72 Å². The molecule has 22 heavy (non-hydrogen) atoms. The second-order valence-electron chi connectivity index (χ2n) is 5.57. The zero-order valence-electron chi connectivity index (χ0n) is 13.4. The van der Waals surface area contributed by atoms with Gasteiger partial charge in [-0.1, -0.05) is 20.8 Å². The van der Waals surface area contributed by atoms with Crippen molar-refractivity contribution in [3.05, 3.63) is 23.8 Å². The number of hydrogen-bond acceptors (Lipinski definition) is 3. The molecule has 0 saturated heterocycles. The average Bonchev–Trinajstić information content (AvgIpc) is 2.94. The molecule has 122 valence electrons. The lowest BCUT2D eigenvalue weighted by molar-refractivity contribution is -0.118. The molecule has 2 rings (SSSR count). The maximum Gasteiger partial charge on any atom is 0.240 e. The number of fused-ring (bicyclic) bond motifs is 1. The normalized spacial score (nSPS) is 14.5. The first kappa shape index (κ1) is 17.0. The minimum Gasteiger partial charge on any atom is -0.312 e. The van der Waals surface area contributed by atoms with E-state index in [4.69, 9.17) is 0 Å². The minimum absolute atomic E-state index is 0.0450. The summed E-state index contributed by atoms with van der Waals surface area (Å²) in [5, 5.41) is 0. The van der Waals surface area contributed by atoms with E-state index in [-0.39, 0.29) is 16.8 Å². The number of nitrogens with one attached hydrogen (secondary N) is 1. The monoisotopic (exact) mass is 324 g/mol. The van der Waals surface area contributed by atoms with Crippen molar-refractivity contribution in [2.45, 2.75) is 57.4 Å². The molecular formula is C16H24N2O3S. The van der Waals surface area contributed by atoms with Crippen molar-refractivity contribution < 1.29 is 13.2 Å². The van der Waals surface area contributed by atoms with E-state index in [0.717, 1.165) is 24.1 Å². The van der Waals surface area contributed by atoms with Gasteiger partial charge in [-0.25, -0.2) is 13.1 Å². The molecule has 1 heterocycles. The fourth-order valence-corrected chi connectivity index (χ4v) is 4.19. The Morgan fingerprint density at radius 1 is 1.27 bits per heavy atom. The summed E-state index contributed by atoms with van der Waals surface area (Å²) in [6, 6.07) is 4.99. The van der Waals surface area contributed by atoms with Crippen LogP contribution in [-0.4, -0.2) is 26.9 Å². The average molecular weight is 324 g/mol. The summed E-state index contributed by atoms with van der Waals surface area (Å²) in [5.74, 6) is 0.0736. The summed E-state index contributed by atoms with van der Waals surface area (Å²) in [6.07, 6.45) is 2.68. The Balaban J connectivity index is 2.27. The van der Waals surface area contributed by atoms with Crippen molar-refractivity contribution in [2.75, 3.05) is 11.4 Å². The minimum atomic E-state index is -3.50. The van der Waals surface area contributed by atoms with Crippen LogP contribution in [0.3, 0.4) is 0 Å². The van der Waals surface area contributed by atoms with E-state index < -0.39 is 10.0 Å². The molecule has 0 aliphatic carbocycles. The van der Waals surface area contributed by atoms with Gasteiger partial charge in [-0.15, -0.1) is 0 Å². The number of sulfonamides is 1. The summed E-state index contributed by atoms with van der Waals surface area (Å²) in [6.45, 7) is 6.39. The molecule has 1 aliphatic rings. The zero-order chi connectivity index (χ0) is 16.3. The first-order valence-corrected chi connectivity index (χ1v) is 9.36. The van der Waals surface area contributed by atoms with Crippen molar-refractivity contribution in [2.24, 2.45) is 0 Å². The van der Waals surface area contributed by atoms with Crippen LogP contribution in [0, 0.1) is 0 Å². The molecule has 0 unspecified atom stereocenters. The fourth-order valence-electron chi connectivity index (χ4n) is 2.74. The van der Waals surface area contributed by atoms with Crippen molar-refractivity contribution in [3.63, 3.8) is 0 Å². The van der Waals surface area contributed by atoms with Gasteiger partial charge in [0.05, 0.1) is 4.90 Å². The third-order valence-electron chi connectivity index (χ3n) is 4.17. The lowest BCUT2D eigenvalue weighted by Gasteiger charge is -2.18. The Morgan fingerprint density at radius 3 is 2.55 bits per heavy atom. The highest BCUT2D eigenvalue weighted by Gasteiger charge is 2.26. The van der Waals surface area contributed by atoms with Gasteiger partial charge in [0, 0.05) is 24.7 Å². The Bertz CT molecular complexity index is 651. The number of carbonyl (C=O) groups excluding carboxylic acids is 1. The maximum absolute atomic E-state index is 12.4. The van der Waals surface area contributed by atoms with Gasteiger partial charge in [-0.2, -0.15) is 0 Å². The largest absolute Gasteiger partial charge is 0.312 e. The first-order valence-electron chi connectivity index (χ1n) is 7.88. The molecule has 1 N–H and O–H groups in total. The van der Waals surface area contributed by atoms with Crippen LogP contribution >= 0.6 is 0 Å². The van der Waals surface area contributed by atoms with Crippen LogP contribution in [0.5, 0.6) is 0 Å². The molecule has 1 aromatic carbocycles. The molecular weight excluding hydrogens is 300 g/mol. The van der Waals surface area contributed by atoms with Gasteiger partial charge in [0.25, 0.3) is 0 Å². The Hall–Kier alpha value is -1.40. The predicted octanol–water partition coefficient (Wildman–Crippen LogP) is 2.45.